The Morgan fingerprint density at radius 2 is 1.23 bits per heavy atom. The summed E-state index contributed by atoms with van der Waals surface area (Å²) in [5.74, 6) is 1.27. The Morgan fingerprint density at radius 1 is 0.638 bits per heavy atom. The third kappa shape index (κ3) is 9.78. The maximum Gasteiger partial charge on any atom is 0.485 e. The van der Waals surface area contributed by atoms with Gasteiger partial charge in [0.25, 0.3) is 6.33 Å². The van der Waals surface area contributed by atoms with Crippen LogP contribution in [0.5, 0.6) is 11.5 Å². The summed E-state index contributed by atoms with van der Waals surface area (Å²) >= 11 is 0. The fourth-order valence-corrected chi connectivity index (χ4v) is 8.32. The van der Waals surface area contributed by atoms with E-state index in [1.165, 1.54) is 17.3 Å². The van der Waals surface area contributed by atoms with E-state index >= 15 is 0 Å². The molecular weight excluding hydrogens is 894 g/mol. The number of hydrogen-bond donors (Lipinski definition) is 0. The zero-order valence-corrected chi connectivity index (χ0v) is 40.6. The van der Waals surface area contributed by atoms with Gasteiger partial charge in [-0.1, -0.05) is 129 Å². The predicted octanol–water partition coefficient (Wildman–Crippen LogP) is 14.4. The van der Waals surface area contributed by atoms with Crippen molar-refractivity contribution in [1.29, 1.82) is 0 Å². The Labute approximate surface area is 410 Å². The van der Waals surface area contributed by atoms with E-state index in [2.05, 4.69) is 126 Å². The van der Waals surface area contributed by atoms with Crippen LogP contribution in [0.4, 0.5) is 13.2 Å². The number of halogens is 3. The Bertz CT molecular complexity index is 3720. The maximum atomic E-state index is 10.7. The molecule has 6 aromatic carbocycles. The minimum Gasteiger partial charge on any atom is -0.741 e. The van der Waals surface area contributed by atoms with Crippen molar-refractivity contribution in [2.75, 3.05) is 0 Å². The predicted molar refractivity (Wildman–Crippen MR) is 270 cm³/mol. The molecule has 0 aliphatic heterocycles. The number of imidazole rings is 1. The number of ether oxygens (including phenoxy) is 1. The van der Waals surface area contributed by atoms with Crippen LogP contribution in [0.15, 0.2) is 146 Å². The van der Waals surface area contributed by atoms with Crippen LogP contribution in [0.25, 0.3) is 61.2 Å². The first-order chi connectivity index (χ1) is 34.6. The topological polar surface area (TPSA) is 93.1 Å². The van der Waals surface area contributed by atoms with Gasteiger partial charge in [-0.2, -0.15) is 22.3 Å². The number of nitrogens with zero attached hydrogens (tertiary/aromatic N) is 4. The fourth-order valence-electron chi connectivity index (χ4n) is 8.32. The van der Waals surface area contributed by atoms with Crippen molar-refractivity contribution in [3.05, 3.63) is 174 Å². The Kier molecular flexibility index (Phi) is 10.5. The second-order valence-electron chi connectivity index (χ2n) is 20.2. The van der Waals surface area contributed by atoms with E-state index in [1.54, 1.807) is 0 Å². The summed E-state index contributed by atoms with van der Waals surface area (Å²) in [6, 6.07) is 44.4. The molecule has 69 heavy (non-hydrogen) atoms. The number of aromatic nitrogens is 4. The first-order valence-corrected chi connectivity index (χ1v) is 23.7. The van der Waals surface area contributed by atoms with Gasteiger partial charge in [-0.15, -0.1) is 0 Å². The number of rotatable bonds is 6. The minimum atomic E-state index is -6.09. The lowest BCUT2D eigenvalue weighted by Crippen LogP contribution is -2.31. The molecule has 3 aromatic heterocycles. The van der Waals surface area contributed by atoms with Gasteiger partial charge in [0.05, 0.1) is 11.0 Å². The van der Waals surface area contributed by atoms with E-state index in [1.807, 2.05) is 89.5 Å². The molecule has 0 N–H and O–H groups in total. The molecule has 0 spiro atoms. The highest BCUT2D eigenvalue weighted by Gasteiger charge is 2.37. The zero-order valence-electron chi connectivity index (χ0n) is 45.8. The average molecular weight is 957 g/mol. The summed E-state index contributed by atoms with van der Waals surface area (Å²) in [4.78, 5) is 4.74. The highest BCUT2D eigenvalue weighted by atomic mass is 32.2. The van der Waals surface area contributed by atoms with Crippen molar-refractivity contribution in [2.24, 2.45) is 0 Å². The van der Waals surface area contributed by atoms with E-state index in [-0.39, 0.29) is 38.8 Å². The van der Waals surface area contributed by atoms with Crippen LogP contribution in [-0.4, -0.2) is 32.6 Å². The molecule has 0 unspecified atom stereocenters. The summed E-state index contributed by atoms with van der Waals surface area (Å²) in [6.45, 7) is 14.4. The SMILES string of the molecule is O=S(=O)([O-])C(F)(F)F.[2H]C([2H])([2H])c1cnc(-n2c3ccccc3c3ccc(Oc4cccc(-n5c[n+](-c6cc(C(C)(C)C)cc(C(C)(C)C)c6)c6ccccc65)c4)cc32)c(C([2H])([2H])[2H])c1-c1ccc(C(C)(C)C)cc1. The third-order valence-corrected chi connectivity index (χ3v) is 12.7. The van der Waals surface area contributed by atoms with Gasteiger partial charge in [-0.3, -0.25) is 4.57 Å². The van der Waals surface area contributed by atoms with Gasteiger partial charge in [0.2, 0.25) is 0 Å². The molecule has 0 aliphatic carbocycles. The lowest BCUT2D eigenvalue weighted by Gasteiger charge is -2.25. The molecule has 9 aromatic rings. The highest BCUT2D eigenvalue weighted by Crippen LogP contribution is 2.39. The number of fused-ring (bicyclic) bond motifs is 4. The second-order valence-corrected chi connectivity index (χ2v) is 21.6. The third-order valence-electron chi connectivity index (χ3n) is 12.1. The van der Waals surface area contributed by atoms with E-state index in [0.29, 0.717) is 22.6 Å². The second kappa shape index (κ2) is 17.6. The molecule has 12 heteroatoms. The van der Waals surface area contributed by atoms with E-state index in [0.717, 1.165) is 44.3 Å². The number of para-hydroxylation sites is 3. The van der Waals surface area contributed by atoms with Gasteiger partial charge < -0.3 is 9.29 Å². The van der Waals surface area contributed by atoms with Crippen LogP contribution in [-0.2, 0) is 26.4 Å². The van der Waals surface area contributed by atoms with Crippen LogP contribution >= 0.6 is 0 Å². The first kappa shape index (κ1) is 41.2. The first-order valence-electron chi connectivity index (χ1n) is 25.3. The molecular formula is C57H57F3N4O4S. The number of pyridine rings is 1. The molecule has 3 heterocycles. The van der Waals surface area contributed by atoms with Crippen molar-refractivity contribution >= 4 is 43.0 Å². The quantitative estimate of drug-likeness (QED) is 0.0940. The molecule has 0 fully saturated rings. The summed E-state index contributed by atoms with van der Waals surface area (Å²) < 4.78 is 124. The van der Waals surface area contributed by atoms with Gasteiger partial charge in [-0.05, 0) is 118 Å². The van der Waals surface area contributed by atoms with Crippen LogP contribution in [0, 0.1) is 13.7 Å². The molecule has 0 saturated heterocycles. The molecule has 9 rings (SSSR count). The number of hydrogen-bond acceptors (Lipinski definition) is 5. The number of alkyl halides is 3. The maximum absolute atomic E-state index is 10.7. The van der Waals surface area contributed by atoms with Crippen molar-refractivity contribution < 1.29 is 43.7 Å². The standard InChI is InChI=1S/C56H57N4O.CHF3O3S/c1-36-34-57-53(37(2)52(36)38-23-25-39(26-24-38)54(3,4)5)60-48-20-13-12-19-46(48)47-28-27-45(33-51(47)60)61-44-18-16-17-42(32-44)58-35-59(50-22-15-14-21-49(50)58)43-30-40(55(6,7)8)29-41(31-43)56(9,10)11;2-1(3,4)8(5,6)7/h12-35H,1-11H3;(H,5,6,7)/q+1;/p-1/i1D3,2D3;. The Balaban J connectivity index is 0.000000864. The normalized spacial score (nSPS) is 14.3. The van der Waals surface area contributed by atoms with Crippen molar-refractivity contribution in [1.82, 2.24) is 14.1 Å². The van der Waals surface area contributed by atoms with Gasteiger partial charge in [0.1, 0.15) is 28.7 Å². The minimum absolute atomic E-state index is 0.0432. The van der Waals surface area contributed by atoms with E-state index < -0.39 is 29.3 Å². The number of benzene rings is 6. The lowest BCUT2D eigenvalue weighted by molar-refractivity contribution is -0.567. The molecule has 356 valence electrons. The van der Waals surface area contributed by atoms with Gasteiger partial charge in [-0.25, -0.2) is 13.4 Å². The molecule has 0 saturated carbocycles. The number of aryl methyl sites for hydroxylation is 1. The van der Waals surface area contributed by atoms with Crippen LogP contribution in [0.2, 0.25) is 0 Å². The molecule has 0 radical (unpaired) electrons. The molecule has 0 atom stereocenters. The average Bonchev–Trinajstić information content (AvgIpc) is 3.85. The molecule has 0 aliphatic rings. The van der Waals surface area contributed by atoms with Crippen molar-refractivity contribution in [3.63, 3.8) is 0 Å². The highest BCUT2D eigenvalue weighted by molar-refractivity contribution is 7.86. The Hall–Kier alpha value is -6.76. The smallest absolute Gasteiger partial charge is 0.485 e. The van der Waals surface area contributed by atoms with E-state index in [4.69, 9.17) is 30.9 Å². The molecule has 0 amide bonds. The van der Waals surface area contributed by atoms with E-state index in [9.17, 15) is 13.2 Å². The van der Waals surface area contributed by atoms with Gasteiger partial charge >= 0.3 is 5.51 Å². The summed E-state index contributed by atoms with van der Waals surface area (Å²) in [5, 5.41) is 1.75. The van der Waals surface area contributed by atoms with Crippen molar-refractivity contribution in [2.45, 2.75) is 97.8 Å². The zero-order chi connectivity index (χ0) is 55.0. The fraction of sp³-hybridized carbons (Fsp3) is 0.263. The van der Waals surface area contributed by atoms with Gasteiger partial charge in [0, 0.05) is 42.9 Å². The molecule has 8 nitrogen and oxygen atoms in total. The van der Waals surface area contributed by atoms with Gasteiger partial charge in [0.15, 0.2) is 21.2 Å². The van der Waals surface area contributed by atoms with Crippen LogP contribution < -0.4 is 9.30 Å². The summed E-state index contributed by atoms with van der Waals surface area (Å²) in [6.07, 6.45) is 3.46. The lowest BCUT2D eigenvalue weighted by atomic mass is 9.80. The molecule has 0 bridgehead atoms. The Morgan fingerprint density at radius 3 is 1.84 bits per heavy atom. The summed E-state index contributed by atoms with van der Waals surface area (Å²) in [7, 11) is -6.09. The van der Waals surface area contributed by atoms with Crippen LogP contribution in [0.1, 0.15) is 98.4 Å². The van der Waals surface area contributed by atoms with Crippen molar-refractivity contribution in [3.8, 4) is 39.8 Å². The summed E-state index contributed by atoms with van der Waals surface area (Å²) in [5.41, 5.74) is 3.56. The van der Waals surface area contributed by atoms with Crippen LogP contribution in [0.3, 0.4) is 0 Å². The monoisotopic (exact) mass is 956 g/mol. The largest absolute Gasteiger partial charge is 0.741 e.